The van der Waals surface area contributed by atoms with E-state index in [1.54, 1.807) is 0 Å². The van der Waals surface area contributed by atoms with Gasteiger partial charge in [-0.05, 0) is 18.9 Å². The van der Waals surface area contributed by atoms with E-state index in [0.717, 1.165) is 0 Å². The minimum atomic E-state index is -0.744. The van der Waals surface area contributed by atoms with Crippen molar-refractivity contribution in [3.8, 4) is 6.07 Å². The van der Waals surface area contributed by atoms with E-state index < -0.39 is 5.60 Å². The highest BCUT2D eigenvalue weighted by atomic mass is 16.3. The van der Waals surface area contributed by atoms with Gasteiger partial charge in [0.25, 0.3) is 0 Å². The fraction of sp³-hybridized carbons (Fsp3) is 0.545. The Morgan fingerprint density at radius 3 is 2.75 bits per heavy atom. The number of rotatable bonds is 5. The Hall–Kier alpha value is -1.67. The molecule has 0 aliphatic carbocycles. The molecule has 5 nitrogen and oxygen atoms in total. The summed E-state index contributed by atoms with van der Waals surface area (Å²) in [6, 6.07) is 3.48. The van der Waals surface area contributed by atoms with Gasteiger partial charge in [0.05, 0.1) is 5.60 Å². The van der Waals surface area contributed by atoms with Crippen LogP contribution in [0.5, 0.6) is 0 Å². The molecule has 5 heteroatoms. The first kappa shape index (κ1) is 12.4. The van der Waals surface area contributed by atoms with Gasteiger partial charge in [-0.2, -0.15) is 5.26 Å². The molecule has 0 unspecified atom stereocenters. The lowest BCUT2D eigenvalue weighted by Crippen LogP contribution is -2.35. The maximum atomic E-state index is 10.0. The van der Waals surface area contributed by atoms with Gasteiger partial charge in [0.1, 0.15) is 11.8 Å². The van der Waals surface area contributed by atoms with E-state index in [4.69, 9.17) is 5.26 Å². The lowest BCUT2D eigenvalue weighted by molar-refractivity contribution is 0.0455. The number of nitrogens with zero attached hydrogens (tertiary/aromatic N) is 3. The summed E-state index contributed by atoms with van der Waals surface area (Å²) in [5, 5.41) is 21.6. The van der Waals surface area contributed by atoms with Crippen molar-refractivity contribution >= 4 is 5.95 Å². The van der Waals surface area contributed by atoms with Gasteiger partial charge in [-0.15, -0.1) is 0 Å². The standard InChI is InChI=1S/C11H16N4O/c1-3-11(16,4-2)8-14-10-13-6-5-9(7-12)15-10/h5-6,16H,3-4,8H2,1-2H3,(H,13,14,15). The zero-order chi connectivity index (χ0) is 12.0. The van der Waals surface area contributed by atoms with E-state index in [-0.39, 0.29) is 0 Å². The molecule has 0 aromatic carbocycles. The van der Waals surface area contributed by atoms with Crippen LogP contribution < -0.4 is 5.32 Å². The maximum Gasteiger partial charge on any atom is 0.223 e. The quantitative estimate of drug-likeness (QED) is 0.781. The Balaban J connectivity index is 2.64. The molecule has 16 heavy (non-hydrogen) atoms. The van der Waals surface area contributed by atoms with Crippen molar-refractivity contribution in [2.45, 2.75) is 32.3 Å². The average molecular weight is 220 g/mol. The first-order valence-corrected chi connectivity index (χ1v) is 5.33. The molecular weight excluding hydrogens is 204 g/mol. The molecule has 0 amide bonds. The van der Waals surface area contributed by atoms with Gasteiger partial charge in [-0.3, -0.25) is 0 Å². The molecule has 0 fully saturated rings. The molecule has 0 spiro atoms. The van der Waals surface area contributed by atoms with E-state index in [1.165, 1.54) is 12.3 Å². The Kier molecular flexibility index (Phi) is 4.20. The van der Waals surface area contributed by atoms with Crippen LogP contribution in [0.1, 0.15) is 32.4 Å². The van der Waals surface area contributed by atoms with E-state index in [1.807, 2.05) is 19.9 Å². The molecule has 0 aliphatic heterocycles. The fourth-order valence-electron chi connectivity index (χ4n) is 1.25. The monoisotopic (exact) mass is 220 g/mol. The summed E-state index contributed by atoms with van der Waals surface area (Å²) in [6.45, 7) is 4.24. The molecule has 0 bridgehead atoms. The maximum absolute atomic E-state index is 10.0. The molecule has 1 heterocycles. The third-order valence-electron chi connectivity index (χ3n) is 2.66. The van der Waals surface area contributed by atoms with Crippen LogP contribution in [0.25, 0.3) is 0 Å². The number of aliphatic hydroxyl groups is 1. The number of anilines is 1. The van der Waals surface area contributed by atoms with Crippen LogP contribution in [0, 0.1) is 11.3 Å². The lowest BCUT2D eigenvalue weighted by Gasteiger charge is -2.25. The van der Waals surface area contributed by atoms with E-state index in [0.29, 0.717) is 31.0 Å². The number of hydrogen-bond acceptors (Lipinski definition) is 5. The molecule has 0 saturated heterocycles. The van der Waals surface area contributed by atoms with Crippen molar-refractivity contribution in [2.75, 3.05) is 11.9 Å². The van der Waals surface area contributed by atoms with Crippen molar-refractivity contribution in [1.82, 2.24) is 9.97 Å². The second kappa shape index (κ2) is 5.42. The SMILES string of the molecule is CCC(O)(CC)CNc1nccc(C#N)n1. The molecule has 0 atom stereocenters. The van der Waals surface area contributed by atoms with Crippen LogP contribution in [-0.2, 0) is 0 Å². The molecule has 0 radical (unpaired) electrons. The van der Waals surface area contributed by atoms with Gasteiger partial charge in [0.15, 0.2) is 0 Å². The van der Waals surface area contributed by atoms with Crippen molar-refractivity contribution in [3.05, 3.63) is 18.0 Å². The highest BCUT2D eigenvalue weighted by Crippen LogP contribution is 2.14. The van der Waals surface area contributed by atoms with Crippen LogP contribution in [0.15, 0.2) is 12.3 Å². The van der Waals surface area contributed by atoms with Gasteiger partial charge in [0.2, 0.25) is 5.95 Å². The Bertz CT molecular complexity index is 382. The molecular formula is C11H16N4O. The summed E-state index contributed by atoms with van der Waals surface area (Å²) in [4.78, 5) is 7.94. The summed E-state index contributed by atoms with van der Waals surface area (Å²) in [5.74, 6) is 0.374. The Labute approximate surface area is 95.2 Å². The second-order valence-electron chi connectivity index (χ2n) is 3.66. The van der Waals surface area contributed by atoms with E-state index in [2.05, 4.69) is 15.3 Å². The summed E-state index contributed by atoms with van der Waals surface area (Å²) >= 11 is 0. The smallest absolute Gasteiger partial charge is 0.223 e. The van der Waals surface area contributed by atoms with Crippen LogP contribution in [0.3, 0.4) is 0 Å². The summed E-state index contributed by atoms with van der Waals surface area (Å²) in [6.07, 6.45) is 2.84. The van der Waals surface area contributed by atoms with Gasteiger partial charge in [0, 0.05) is 12.7 Å². The molecule has 1 aromatic heterocycles. The summed E-state index contributed by atoms with van der Waals surface area (Å²) in [7, 11) is 0. The third kappa shape index (κ3) is 3.17. The molecule has 1 aromatic rings. The van der Waals surface area contributed by atoms with Crippen molar-refractivity contribution in [2.24, 2.45) is 0 Å². The normalized spacial score (nSPS) is 10.9. The molecule has 0 aliphatic rings. The first-order chi connectivity index (χ1) is 7.63. The number of aromatic nitrogens is 2. The third-order valence-corrected chi connectivity index (χ3v) is 2.66. The number of nitrogens with one attached hydrogen (secondary N) is 1. The van der Waals surface area contributed by atoms with E-state index >= 15 is 0 Å². The number of hydrogen-bond donors (Lipinski definition) is 2. The topological polar surface area (TPSA) is 81.8 Å². The minimum Gasteiger partial charge on any atom is -0.388 e. The van der Waals surface area contributed by atoms with Gasteiger partial charge in [-0.25, -0.2) is 9.97 Å². The highest BCUT2D eigenvalue weighted by molar-refractivity contribution is 5.30. The Morgan fingerprint density at radius 2 is 2.19 bits per heavy atom. The van der Waals surface area contributed by atoms with Crippen LogP contribution in [0.2, 0.25) is 0 Å². The molecule has 86 valence electrons. The van der Waals surface area contributed by atoms with Crippen LogP contribution in [-0.4, -0.2) is 27.2 Å². The largest absolute Gasteiger partial charge is 0.388 e. The first-order valence-electron chi connectivity index (χ1n) is 5.33. The van der Waals surface area contributed by atoms with Crippen LogP contribution in [0.4, 0.5) is 5.95 Å². The fourth-order valence-corrected chi connectivity index (χ4v) is 1.25. The van der Waals surface area contributed by atoms with Gasteiger partial charge in [-0.1, -0.05) is 13.8 Å². The van der Waals surface area contributed by atoms with E-state index in [9.17, 15) is 5.11 Å². The zero-order valence-corrected chi connectivity index (χ0v) is 9.56. The second-order valence-corrected chi connectivity index (χ2v) is 3.66. The Morgan fingerprint density at radius 1 is 1.50 bits per heavy atom. The molecule has 0 saturated carbocycles. The van der Waals surface area contributed by atoms with Crippen LogP contribution >= 0.6 is 0 Å². The van der Waals surface area contributed by atoms with Gasteiger partial charge < -0.3 is 10.4 Å². The van der Waals surface area contributed by atoms with Crippen molar-refractivity contribution in [1.29, 1.82) is 5.26 Å². The minimum absolute atomic E-state index is 0.314. The number of nitriles is 1. The predicted molar refractivity (Wildman–Crippen MR) is 60.8 cm³/mol. The summed E-state index contributed by atoms with van der Waals surface area (Å²) in [5.41, 5.74) is -0.430. The molecule has 1 rings (SSSR count). The lowest BCUT2D eigenvalue weighted by atomic mass is 9.98. The zero-order valence-electron chi connectivity index (χ0n) is 9.56. The van der Waals surface area contributed by atoms with Crippen molar-refractivity contribution in [3.63, 3.8) is 0 Å². The van der Waals surface area contributed by atoms with Crippen molar-refractivity contribution < 1.29 is 5.11 Å². The highest BCUT2D eigenvalue weighted by Gasteiger charge is 2.21. The molecule has 2 N–H and O–H groups in total. The van der Waals surface area contributed by atoms with Gasteiger partial charge >= 0.3 is 0 Å². The summed E-state index contributed by atoms with van der Waals surface area (Å²) < 4.78 is 0. The predicted octanol–water partition coefficient (Wildman–Crippen LogP) is 1.31. The average Bonchev–Trinajstić information content (AvgIpc) is 2.36.